The number of nitrogens with zero attached hydrogens (tertiary/aromatic N) is 3. The first-order valence-electron chi connectivity index (χ1n) is 6.27. The normalized spacial score (nSPS) is 14.3. The van der Waals surface area contributed by atoms with E-state index in [0.717, 1.165) is 23.8 Å². The van der Waals surface area contributed by atoms with Crippen molar-refractivity contribution in [3.05, 3.63) is 42.0 Å². The first-order valence-corrected chi connectivity index (χ1v) is 7.39. The average Bonchev–Trinajstić information content (AvgIpc) is 2.91. The van der Waals surface area contributed by atoms with Gasteiger partial charge in [0.1, 0.15) is 11.4 Å². The molecule has 0 N–H and O–H groups in total. The fraction of sp³-hybridized carbons (Fsp3) is 0.429. The second-order valence-electron chi connectivity index (χ2n) is 4.53. The quantitative estimate of drug-likeness (QED) is 0.791. The largest absolute Gasteiger partial charge is 0.371 e. The van der Waals surface area contributed by atoms with E-state index in [1.54, 1.807) is 7.11 Å². The SMILES string of the molecule is CCC(C)(OC)c1nnc(CBr)n1-c1ccccc1. The molecular weight excluding hydrogens is 306 g/mol. The van der Waals surface area contributed by atoms with E-state index in [-0.39, 0.29) is 0 Å². The Morgan fingerprint density at radius 3 is 2.47 bits per heavy atom. The monoisotopic (exact) mass is 323 g/mol. The zero-order valence-corrected chi connectivity index (χ0v) is 13.0. The Bertz CT molecular complexity index is 535. The Kier molecular flexibility index (Phi) is 4.37. The summed E-state index contributed by atoms with van der Waals surface area (Å²) in [7, 11) is 1.71. The van der Waals surface area contributed by atoms with E-state index < -0.39 is 5.60 Å². The number of para-hydroxylation sites is 1. The van der Waals surface area contributed by atoms with Gasteiger partial charge in [0.15, 0.2) is 5.82 Å². The van der Waals surface area contributed by atoms with E-state index in [0.29, 0.717) is 5.33 Å². The summed E-state index contributed by atoms with van der Waals surface area (Å²) in [6, 6.07) is 10.1. The van der Waals surface area contributed by atoms with Crippen LogP contribution >= 0.6 is 15.9 Å². The standard InChI is InChI=1S/C14H18BrN3O/c1-4-14(2,19-3)13-17-16-12(10-15)18(13)11-8-6-5-7-9-11/h5-9H,4,10H2,1-3H3. The third-order valence-corrected chi connectivity index (χ3v) is 3.96. The van der Waals surface area contributed by atoms with Gasteiger partial charge in [-0.3, -0.25) is 4.57 Å². The molecule has 0 spiro atoms. The van der Waals surface area contributed by atoms with E-state index in [2.05, 4.69) is 37.6 Å². The molecule has 1 unspecified atom stereocenters. The number of methoxy groups -OCH3 is 1. The highest BCUT2D eigenvalue weighted by Gasteiger charge is 2.31. The number of benzene rings is 1. The maximum Gasteiger partial charge on any atom is 0.169 e. The Balaban J connectivity index is 2.61. The summed E-state index contributed by atoms with van der Waals surface area (Å²) in [5.41, 5.74) is 0.608. The lowest BCUT2D eigenvalue weighted by Gasteiger charge is -2.26. The van der Waals surface area contributed by atoms with Crippen LogP contribution in [-0.2, 0) is 15.7 Å². The molecule has 0 aliphatic carbocycles. The van der Waals surface area contributed by atoms with Crippen molar-refractivity contribution in [1.82, 2.24) is 14.8 Å². The van der Waals surface area contributed by atoms with Crippen LogP contribution in [0, 0.1) is 0 Å². The molecule has 1 aromatic heterocycles. The molecule has 1 atom stereocenters. The van der Waals surface area contributed by atoms with Crippen molar-refractivity contribution in [2.45, 2.75) is 31.2 Å². The lowest BCUT2D eigenvalue weighted by molar-refractivity contribution is -0.0105. The topological polar surface area (TPSA) is 39.9 Å². The lowest BCUT2D eigenvalue weighted by Crippen LogP contribution is -2.28. The molecule has 0 fully saturated rings. The van der Waals surface area contributed by atoms with E-state index in [1.165, 1.54) is 0 Å². The number of halogens is 1. The molecule has 19 heavy (non-hydrogen) atoms. The molecule has 2 rings (SSSR count). The van der Waals surface area contributed by atoms with Crippen molar-refractivity contribution in [3.8, 4) is 5.69 Å². The van der Waals surface area contributed by atoms with Gasteiger partial charge >= 0.3 is 0 Å². The van der Waals surface area contributed by atoms with E-state index >= 15 is 0 Å². The summed E-state index contributed by atoms with van der Waals surface area (Å²) in [5, 5.41) is 9.25. The van der Waals surface area contributed by atoms with E-state index in [4.69, 9.17) is 4.74 Å². The summed E-state index contributed by atoms with van der Waals surface area (Å²) in [5.74, 6) is 1.70. The molecule has 4 nitrogen and oxygen atoms in total. The molecule has 1 heterocycles. The summed E-state index contributed by atoms with van der Waals surface area (Å²) in [6.45, 7) is 4.12. The van der Waals surface area contributed by atoms with Gasteiger partial charge in [0, 0.05) is 12.8 Å². The molecule has 0 saturated heterocycles. The first kappa shape index (κ1) is 14.2. The van der Waals surface area contributed by atoms with Crippen molar-refractivity contribution in [3.63, 3.8) is 0 Å². The third-order valence-electron chi connectivity index (χ3n) is 3.46. The average molecular weight is 324 g/mol. The van der Waals surface area contributed by atoms with Gasteiger partial charge in [-0.25, -0.2) is 0 Å². The Morgan fingerprint density at radius 1 is 1.26 bits per heavy atom. The van der Waals surface area contributed by atoms with Gasteiger partial charge < -0.3 is 4.74 Å². The minimum Gasteiger partial charge on any atom is -0.371 e. The van der Waals surface area contributed by atoms with Crippen LogP contribution in [0.15, 0.2) is 30.3 Å². The number of rotatable bonds is 5. The predicted octanol–water partition coefficient (Wildman–Crippen LogP) is 3.43. The van der Waals surface area contributed by atoms with Crippen LogP contribution in [0.2, 0.25) is 0 Å². The highest BCUT2D eigenvalue weighted by Crippen LogP contribution is 2.29. The summed E-state index contributed by atoms with van der Waals surface area (Å²) >= 11 is 3.47. The molecule has 5 heteroatoms. The van der Waals surface area contributed by atoms with Gasteiger partial charge in [0.2, 0.25) is 0 Å². The van der Waals surface area contributed by atoms with Crippen LogP contribution in [0.5, 0.6) is 0 Å². The zero-order valence-electron chi connectivity index (χ0n) is 11.4. The fourth-order valence-electron chi connectivity index (χ4n) is 1.99. The summed E-state index contributed by atoms with van der Waals surface area (Å²) < 4.78 is 7.71. The number of alkyl halides is 1. The minimum atomic E-state index is -0.441. The molecule has 2 aromatic rings. The van der Waals surface area contributed by atoms with Crippen LogP contribution in [-0.4, -0.2) is 21.9 Å². The van der Waals surface area contributed by atoms with E-state index in [1.807, 2.05) is 37.3 Å². The van der Waals surface area contributed by atoms with Crippen LogP contribution < -0.4 is 0 Å². The smallest absolute Gasteiger partial charge is 0.169 e. The molecular formula is C14H18BrN3O. The zero-order chi connectivity index (χ0) is 13.9. The highest BCUT2D eigenvalue weighted by atomic mass is 79.9. The molecule has 0 aliphatic rings. The van der Waals surface area contributed by atoms with Crippen molar-refractivity contribution in [1.29, 1.82) is 0 Å². The van der Waals surface area contributed by atoms with Gasteiger partial charge in [0.25, 0.3) is 0 Å². The molecule has 0 saturated carbocycles. The maximum atomic E-state index is 5.65. The van der Waals surface area contributed by atoms with Crippen molar-refractivity contribution in [2.24, 2.45) is 0 Å². The number of hydrogen-bond donors (Lipinski definition) is 0. The molecule has 0 bridgehead atoms. The Hall–Kier alpha value is -1.20. The van der Waals surface area contributed by atoms with Crippen LogP contribution in [0.1, 0.15) is 31.9 Å². The van der Waals surface area contributed by atoms with Gasteiger partial charge in [-0.05, 0) is 25.5 Å². The number of aromatic nitrogens is 3. The second-order valence-corrected chi connectivity index (χ2v) is 5.09. The van der Waals surface area contributed by atoms with Crippen LogP contribution in [0.4, 0.5) is 0 Å². The second kappa shape index (κ2) is 5.84. The van der Waals surface area contributed by atoms with Crippen molar-refractivity contribution >= 4 is 15.9 Å². The maximum absolute atomic E-state index is 5.65. The predicted molar refractivity (Wildman–Crippen MR) is 78.6 cm³/mol. The van der Waals surface area contributed by atoms with Gasteiger partial charge in [0.05, 0.1) is 5.33 Å². The Morgan fingerprint density at radius 2 is 1.95 bits per heavy atom. The molecule has 0 aliphatic heterocycles. The van der Waals surface area contributed by atoms with Crippen LogP contribution in [0.25, 0.3) is 5.69 Å². The fourth-order valence-corrected chi connectivity index (χ4v) is 2.35. The molecule has 102 valence electrons. The number of ether oxygens (including phenoxy) is 1. The van der Waals surface area contributed by atoms with Crippen molar-refractivity contribution in [2.75, 3.05) is 7.11 Å². The minimum absolute atomic E-state index is 0.441. The van der Waals surface area contributed by atoms with Gasteiger partial charge in [-0.1, -0.05) is 41.1 Å². The lowest BCUT2D eigenvalue weighted by atomic mass is 10.0. The molecule has 0 radical (unpaired) electrons. The first-order chi connectivity index (χ1) is 9.16. The third kappa shape index (κ3) is 2.58. The number of hydrogen-bond acceptors (Lipinski definition) is 3. The highest BCUT2D eigenvalue weighted by molar-refractivity contribution is 9.08. The van der Waals surface area contributed by atoms with Crippen LogP contribution in [0.3, 0.4) is 0 Å². The van der Waals surface area contributed by atoms with Crippen molar-refractivity contribution < 1.29 is 4.74 Å². The molecule has 1 aromatic carbocycles. The molecule has 0 amide bonds. The summed E-state index contributed by atoms with van der Waals surface area (Å²) in [4.78, 5) is 0. The van der Waals surface area contributed by atoms with Gasteiger partial charge in [-0.15, -0.1) is 10.2 Å². The Labute approximate surface area is 121 Å². The van der Waals surface area contributed by atoms with E-state index in [9.17, 15) is 0 Å². The summed E-state index contributed by atoms with van der Waals surface area (Å²) in [6.07, 6.45) is 0.830. The van der Waals surface area contributed by atoms with Gasteiger partial charge in [-0.2, -0.15) is 0 Å².